The van der Waals surface area contributed by atoms with Crippen molar-refractivity contribution in [3.8, 4) is 33.4 Å². The van der Waals surface area contributed by atoms with Crippen LogP contribution in [0.25, 0.3) is 98.4 Å². The summed E-state index contributed by atoms with van der Waals surface area (Å²) in [4.78, 5) is 2.40. The molecule has 0 aliphatic carbocycles. The summed E-state index contributed by atoms with van der Waals surface area (Å²) in [6, 6.07) is 81.3. The molecule has 2 heteroatoms. The summed E-state index contributed by atoms with van der Waals surface area (Å²) in [7, 11) is 0. The van der Waals surface area contributed by atoms with Gasteiger partial charge in [0.15, 0.2) is 0 Å². The summed E-state index contributed by atoms with van der Waals surface area (Å²) in [5, 5.41) is 11.9. The normalized spacial score (nSPS) is 11.7. The van der Waals surface area contributed by atoms with Crippen LogP contribution in [0.5, 0.6) is 0 Å². The Morgan fingerprint density at radius 2 is 0.800 bits per heavy atom. The fourth-order valence-corrected chi connectivity index (χ4v) is 9.47. The van der Waals surface area contributed by atoms with E-state index in [9.17, 15) is 0 Å². The summed E-state index contributed by atoms with van der Waals surface area (Å²) < 4.78 is 6.61. The molecule has 1 heterocycles. The maximum Gasteiger partial charge on any atom is 0.143 e. The van der Waals surface area contributed by atoms with Crippen LogP contribution in [0.2, 0.25) is 0 Å². The Balaban J connectivity index is 1.12. The molecule has 0 saturated heterocycles. The average molecular weight is 764 g/mol. The molecule has 0 aliphatic rings. The molecule has 0 unspecified atom stereocenters. The van der Waals surface area contributed by atoms with Crippen molar-refractivity contribution in [3.05, 3.63) is 224 Å². The monoisotopic (exact) mass is 763 g/mol. The van der Waals surface area contributed by atoms with Crippen molar-refractivity contribution in [3.63, 3.8) is 0 Å². The number of benzene rings is 11. The van der Waals surface area contributed by atoms with Crippen LogP contribution in [0.3, 0.4) is 0 Å². The van der Waals surface area contributed by atoms with E-state index < -0.39 is 0 Å². The van der Waals surface area contributed by atoms with Crippen molar-refractivity contribution in [2.75, 3.05) is 4.90 Å². The third-order valence-corrected chi connectivity index (χ3v) is 12.2. The standard InChI is InChI=1S/C58H37NO/c1-3-16-41(17-4-1)56-51-24-12-11-23-49(51)50-34-31-44(37-54(50)57(56)42-18-5-2-6-19-42)59(43-29-26-40(27-30-43)47-25-13-20-38-14-7-9-21-46(38)47)45-32-35-55-53(36-45)52-33-28-39-15-8-10-22-48(39)58(52)60-55/h1-37H. The second-order valence-corrected chi connectivity index (χ2v) is 15.6. The highest BCUT2D eigenvalue weighted by atomic mass is 16.3. The first-order valence-corrected chi connectivity index (χ1v) is 20.6. The molecule has 280 valence electrons. The number of hydrogen-bond donors (Lipinski definition) is 0. The Hall–Kier alpha value is -7.94. The SMILES string of the molecule is c1ccc(-c2c(-c3ccccc3)c3cc(N(c4ccc(-c5cccc6ccccc56)cc4)c4ccc5oc6c7ccccc7ccc6c5c4)ccc3c3ccccc23)cc1. The molecular formula is C58H37NO. The lowest BCUT2D eigenvalue weighted by atomic mass is 9.85. The predicted molar refractivity (Wildman–Crippen MR) is 255 cm³/mol. The minimum Gasteiger partial charge on any atom is -0.455 e. The van der Waals surface area contributed by atoms with Gasteiger partial charge in [0.25, 0.3) is 0 Å². The Morgan fingerprint density at radius 3 is 1.53 bits per heavy atom. The third-order valence-electron chi connectivity index (χ3n) is 12.2. The molecule has 0 radical (unpaired) electrons. The van der Waals surface area contributed by atoms with Gasteiger partial charge in [-0.15, -0.1) is 0 Å². The maximum absolute atomic E-state index is 6.61. The van der Waals surface area contributed by atoms with Gasteiger partial charge >= 0.3 is 0 Å². The second-order valence-electron chi connectivity index (χ2n) is 15.6. The van der Waals surface area contributed by atoms with E-state index in [0.717, 1.165) is 44.4 Å². The van der Waals surface area contributed by atoms with Crippen molar-refractivity contribution in [1.82, 2.24) is 0 Å². The number of nitrogens with zero attached hydrogens (tertiary/aromatic N) is 1. The van der Waals surface area contributed by atoms with Gasteiger partial charge in [0, 0.05) is 33.2 Å². The van der Waals surface area contributed by atoms with Crippen LogP contribution < -0.4 is 4.90 Å². The third kappa shape index (κ3) is 5.50. The molecule has 0 N–H and O–H groups in total. The zero-order chi connectivity index (χ0) is 39.6. The fourth-order valence-electron chi connectivity index (χ4n) is 9.47. The molecule has 1 aromatic heterocycles. The van der Waals surface area contributed by atoms with Crippen molar-refractivity contribution < 1.29 is 4.42 Å². The topological polar surface area (TPSA) is 16.4 Å². The van der Waals surface area contributed by atoms with E-state index in [-0.39, 0.29) is 0 Å². The highest BCUT2D eigenvalue weighted by molar-refractivity contribution is 6.22. The van der Waals surface area contributed by atoms with Crippen LogP contribution in [0.15, 0.2) is 229 Å². The van der Waals surface area contributed by atoms with Crippen molar-refractivity contribution in [2.45, 2.75) is 0 Å². The number of fused-ring (bicyclic) bond motifs is 9. The highest BCUT2D eigenvalue weighted by Gasteiger charge is 2.21. The second kappa shape index (κ2) is 13.9. The lowest BCUT2D eigenvalue weighted by molar-refractivity contribution is 0.672. The highest BCUT2D eigenvalue weighted by Crippen LogP contribution is 2.47. The Labute approximate surface area is 347 Å². The first-order valence-electron chi connectivity index (χ1n) is 20.6. The Bertz CT molecular complexity index is 3580. The minimum absolute atomic E-state index is 0.875. The molecule has 0 atom stereocenters. The van der Waals surface area contributed by atoms with Crippen LogP contribution in [0, 0.1) is 0 Å². The fraction of sp³-hybridized carbons (Fsp3) is 0. The van der Waals surface area contributed by atoms with Crippen molar-refractivity contribution >= 4 is 82.1 Å². The minimum atomic E-state index is 0.875. The summed E-state index contributed by atoms with van der Waals surface area (Å²) in [6.07, 6.45) is 0. The van der Waals surface area contributed by atoms with Gasteiger partial charge in [0.2, 0.25) is 0 Å². The van der Waals surface area contributed by atoms with Gasteiger partial charge < -0.3 is 9.32 Å². The Kier molecular flexibility index (Phi) is 7.89. The number of hydrogen-bond acceptors (Lipinski definition) is 2. The van der Waals surface area contributed by atoms with Gasteiger partial charge in [-0.2, -0.15) is 0 Å². The van der Waals surface area contributed by atoms with Crippen LogP contribution in [0.1, 0.15) is 0 Å². The van der Waals surface area contributed by atoms with E-state index in [0.29, 0.717) is 0 Å². The van der Waals surface area contributed by atoms with Gasteiger partial charge in [-0.05, 0) is 120 Å². The van der Waals surface area contributed by atoms with Crippen LogP contribution >= 0.6 is 0 Å². The molecule has 12 aromatic rings. The molecule has 0 aliphatic heterocycles. The lowest BCUT2D eigenvalue weighted by Gasteiger charge is -2.27. The molecule has 0 amide bonds. The molecule has 0 saturated carbocycles. The van der Waals surface area contributed by atoms with Crippen molar-refractivity contribution in [2.24, 2.45) is 0 Å². The molecule has 0 fully saturated rings. The van der Waals surface area contributed by atoms with Gasteiger partial charge in [0.05, 0.1) is 0 Å². The molecule has 0 spiro atoms. The molecule has 0 bridgehead atoms. The van der Waals surface area contributed by atoms with E-state index >= 15 is 0 Å². The predicted octanol–water partition coefficient (Wildman–Crippen LogP) is 16.7. The van der Waals surface area contributed by atoms with E-state index in [1.807, 2.05) is 0 Å². The van der Waals surface area contributed by atoms with Crippen LogP contribution in [-0.2, 0) is 0 Å². The molecule has 2 nitrogen and oxygen atoms in total. The molecule has 12 rings (SSSR count). The first kappa shape index (κ1) is 34.1. The average Bonchev–Trinajstić information content (AvgIpc) is 3.70. The van der Waals surface area contributed by atoms with Gasteiger partial charge in [0.1, 0.15) is 11.2 Å². The quantitative estimate of drug-likeness (QED) is 0.157. The molecule has 11 aromatic carbocycles. The zero-order valence-corrected chi connectivity index (χ0v) is 32.7. The van der Waals surface area contributed by atoms with Gasteiger partial charge in [-0.25, -0.2) is 0 Å². The summed E-state index contributed by atoms with van der Waals surface area (Å²) >= 11 is 0. The van der Waals surface area contributed by atoms with E-state index in [1.165, 1.54) is 71.1 Å². The van der Waals surface area contributed by atoms with Crippen LogP contribution in [-0.4, -0.2) is 0 Å². The number of anilines is 3. The van der Waals surface area contributed by atoms with Crippen molar-refractivity contribution in [1.29, 1.82) is 0 Å². The summed E-state index contributed by atoms with van der Waals surface area (Å²) in [5.41, 5.74) is 12.3. The van der Waals surface area contributed by atoms with Gasteiger partial charge in [-0.3, -0.25) is 0 Å². The van der Waals surface area contributed by atoms with E-state index in [1.54, 1.807) is 0 Å². The lowest BCUT2D eigenvalue weighted by Crippen LogP contribution is -2.10. The molecule has 60 heavy (non-hydrogen) atoms. The summed E-state index contributed by atoms with van der Waals surface area (Å²) in [6.45, 7) is 0. The first-order chi connectivity index (χ1) is 29.8. The molecular weight excluding hydrogens is 727 g/mol. The van der Waals surface area contributed by atoms with Gasteiger partial charge in [-0.1, -0.05) is 176 Å². The smallest absolute Gasteiger partial charge is 0.143 e. The van der Waals surface area contributed by atoms with E-state index in [2.05, 4.69) is 229 Å². The number of rotatable bonds is 6. The maximum atomic E-state index is 6.61. The largest absolute Gasteiger partial charge is 0.455 e. The zero-order valence-electron chi connectivity index (χ0n) is 32.7. The van der Waals surface area contributed by atoms with Crippen LogP contribution in [0.4, 0.5) is 17.1 Å². The van der Waals surface area contributed by atoms with E-state index in [4.69, 9.17) is 4.42 Å². The summed E-state index contributed by atoms with van der Waals surface area (Å²) in [5.74, 6) is 0. The Morgan fingerprint density at radius 1 is 0.283 bits per heavy atom. The number of furan rings is 1.